The van der Waals surface area contributed by atoms with Crippen molar-refractivity contribution in [2.45, 2.75) is 25.9 Å². The second-order valence-corrected chi connectivity index (χ2v) is 5.60. The van der Waals surface area contributed by atoms with Gasteiger partial charge in [-0.05, 0) is 47.5 Å². The molecule has 0 fully saturated rings. The quantitative estimate of drug-likeness (QED) is 0.876. The van der Waals surface area contributed by atoms with Crippen LogP contribution < -0.4 is 5.32 Å². The number of nitrogens with one attached hydrogen (secondary N) is 1. The van der Waals surface area contributed by atoms with Crippen molar-refractivity contribution in [3.05, 3.63) is 27.1 Å². The Morgan fingerprint density at radius 2 is 2.07 bits per heavy atom. The van der Waals surface area contributed by atoms with E-state index in [9.17, 15) is 5.11 Å². The highest BCUT2D eigenvalue weighted by atomic mass is 79.9. The molecule has 0 aliphatic heterocycles. The Labute approximate surface area is 107 Å². The number of anilines is 1. The van der Waals surface area contributed by atoms with Gasteiger partial charge in [0.1, 0.15) is 0 Å². The van der Waals surface area contributed by atoms with E-state index in [1.165, 1.54) is 0 Å². The summed E-state index contributed by atoms with van der Waals surface area (Å²) in [7, 11) is 0. The van der Waals surface area contributed by atoms with E-state index in [1.54, 1.807) is 0 Å². The first kappa shape index (κ1) is 13.0. The Balaban J connectivity index is 2.66. The zero-order valence-corrected chi connectivity index (χ0v) is 12.0. The van der Waals surface area contributed by atoms with Gasteiger partial charge in [-0.2, -0.15) is 0 Å². The standard InChI is InChI=1S/C11H15Br2NO/c1-3-11(2,15)7-14-10-5-4-8(12)6-9(10)13/h4-6,14-15H,3,7H2,1-2H3. The average Bonchev–Trinajstić information content (AvgIpc) is 2.16. The summed E-state index contributed by atoms with van der Waals surface area (Å²) >= 11 is 6.86. The van der Waals surface area contributed by atoms with Gasteiger partial charge in [0, 0.05) is 21.2 Å². The summed E-state index contributed by atoms with van der Waals surface area (Å²) < 4.78 is 2.02. The van der Waals surface area contributed by atoms with Gasteiger partial charge >= 0.3 is 0 Å². The summed E-state index contributed by atoms with van der Waals surface area (Å²) in [6.45, 7) is 4.34. The molecule has 1 aromatic rings. The molecule has 1 atom stereocenters. The Kier molecular flexibility index (Phi) is 4.62. The van der Waals surface area contributed by atoms with Crippen molar-refractivity contribution in [3.8, 4) is 0 Å². The molecular formula is C11H15Br2NO. The van der Waals surface area contributed by atoms with Gasteiger partial charge in [-0.1, -0.05) is 22.9 Å². The molecule has 0 saturated heterocycles. The molecule has 2 nitrogen and oxygen atoms in total. The highest BCUT2D eigenvalue weighted by Crippen LogP contribution is 2.26. The highest BCUT2D eigenvalue weighted by molar-refractivity contribution is 9.11. The van der Waals surface area contributed by atoms with Gasteiger partial charge in [0.25, 0.3) is 0 Å². The van der Waals surface area contributed by atoms with E-state index in [4.69, 9.17) is 0 Å². The summed E-state index contributed by atoms with van der Waals surface area (Å²) in [5.74, 6) is 0. The first-order valence-corrected chi connectivity index (χ1v) is 6.44. The first-order chi connectivity index (χ1) is 6.94. The normalized spacial score (nSPS) is 14.7. The number of hydrogen-bond donors (Lipinski definition) is 2. The van der Waals surface area contributed by atoms with Crippen LogP contribution in [0.5, 0.6) is 0 Å². The number of aliphatic hydroxyl groups is 1. The SMILES string of the molecule is CCC(C)(O)CNc1ccc(Br)cc1Br. The topological polar surface area (TPSA) is 32.3 Å². The molecule has 0 radical (unpaired) electrons. The molecule has 0 spiro atoms. The lowest BCUT2D eigenvalue weighted by Crippen LogP contribution is -2.32. The van der Waals surface area contributed by atoms with Crippen molar-refractivity contribution >= 4 is 37.5 Å². The molecule has 0 saturated carbocycles. The minimum atomic E-state index is -0.660. The van der Waals surface area contributed by atoms with E-state index in [2.05, 4.69) is 37.2 Å². The van der Waals surface area contributed by atoms with Crippen LogP contribution in [0.25, 0.3) is 0 Å². The van der Waals surface area contributed by atoms with Crippen LogP contribution in [0.15, 0.2) is 27.1 Å². The van der Waals surface area contributed by atoms with E-state index < -0.39 is 5.60 Å². The lowest BCUT2D eigenvalue weighted by Gasteiger charge is -2.22. The summed E-state index contributed by atoms with van der Waals surface area (Å²) in [5, 5.41) is 13.1. The van der Waals surface area contributed by atoms with E-state index in [0.717, 1.165) is 21.1 Å². The van der Waals surface area contributed by atoms with Gasteiger partial charge in [0.15, 0.2) is 0 Å². The Morgan fingerprint density at radius 1 is 1.40 bits per heavy atom. The van der Waals surface area contributed by atoms with Crippen LogP contribution in [0, 0.1) is 0 Å². The molecule has 15 heavy (non-hydrogen) atoms. The Bertz CT molecular complexity index is 339. The first-order valence-electron chi connectivity index (χ1n) is 4.86. The molecule has 1 aromatic carbocycles. The maximum absolute atomic E-state index is 9.84. The lowest BCUT2D eigenvalue weighted by atomic mass is 10.0. The number of rotatable bonds is 4. The average molecular weight is 337 g/mol. The van der Waals surface area contributed by atoms with Crippen molar-refractivity contribution in [1.29, 1.82) is 0 Å². The van der Waals surface area contributed by atoms with Crippen molar-refractivity contribution in [2.75, 3.05) is 11.9 Å². The molecule has 0 amide bonds. The molecule has 0 aliphatic carbocycles. The van der Waals surface area contributed by atoms with Crippen molar-refractivity contribution in [2.24, 2.45) is 0 Å². The summed E-state index contributed by atoms with van der Waals surface area (Å²) in [5.41, 5.74) is 0.332. The second kappa shape index (κ2) is 5.32. The third kappa shape index (κ3) is 4.13. The fraction of sp³-hybridized carbons (Fsp3) is 0.455. The van der Waals surface area contributed by atoms with Gasteiger partial charge in [0.05, 0.1) is 5.60 Å². The smallest absolute Gasteiger partial charge is 0.0788 e. The molecule has 2 N–H and O–H groups in total. The van der Waals surface area contributed by atoms with Crippen LogP contribution in [-0.4, -0.2) is 17.3 Å². The maximum Gasteiger partial charge on any atom is 0.0788 e. The molecule has 0 heterocycles. The van der Waals surface area contributed by atoms with Crippen molar-refractivity contribution < 1.29 is 5.11 Å². The molecular weight excluding hydrogens is 322 g/mol. The van der Waals surface area contributed by atoms with Crippen molar-refractivity contribution in [1.82, 2.24) is 0 Å². The highest BCUT2D eigenvalue weighted by Gasteiger charge is 2.17. The number of halogens is 2. The van der Waals surface area contributed by atoms with Crippen LogP contribution in [0.3, 0.4) is 0 Å². The summed E-state index contributed by atoms with van der Waals surface area (Å²) in [6, 6.07) is 5.91. The maximum atomic E-state index is 9.84. The molecule has 1 unspecified atom stereocenters. The van der Waals surface area contributed by atoms with Gasteiger partial charge in [-0.3, -0.25) is 0 Å². The van der Waals surface area contributed by atoms with Gasteiger partial charge < -0.3 is 10.4 Å². The largest absolute Gasteiger partial charge is 0.388 e. The minimum absolute atomic E-state index is 0.545. The van der Waals surface area contributed by atoms with Gasteiger partial charge in [-0.25, -0.2) is 0 Å². The molecule has 1 rings (SSSR count). The van der Waals surface area contributed by atoms with Crippen LogP contribution in [0.4, 0.5) is 5.69 Å². The molecule has 0 bridgehead atoms. The summed E-state index contributed by atoms with van der Waals surface area (Å²) in [4.78, 5) is 0. The second-order valence-electron chi connectivity index (χ2n) is 3.83. The summed E-state index contributed by atoms with van der Waals surface area (Å²) in [6.07, 6.45) is 0.730. The predicted molar refractivity (Wildman–Crippen MR) is 71.2 cm³/mol. The van der Waals surface area contributed by atoms with Gasteiger partial charge in [0.2, 0.25) is 0 Å². The van der Waals surface area contributed by atoms with E-state index in [0.29, 0.717) is 6.54 Å². The third-order valence-corrected chi connectivity index (χ3v) is 3.50. The van der Waals surface area contributed by atoms with E-state index in [-0.39, 0.29) is 0 Å². The fourth-order valence-corrected chi connectivity index (χ4v) is 2.23. The van der Waals surface area contributed by atoms with E-state index in [1.807, 2.05) is 32.0 Å². The van der Waals surface area contributed by atoms with Crippen LogP contribution >= 0.6 is 31.9 Å². The van der Waals surface area contributed by atoms with Crippen LogP contribution in [0.1, 0.15) is 20.3 Å². The zero-order valence-electron chi connectivity index (χ0n) is 8.85. The molecule has 84 valence electrons. The molecule has 0 aromatic heterocycles. The molecule has 4 heteroatoms. The van der Waals surface area contributed by atoms with Crippen LogP contribution in [-0.2, 0) is 0 Å². The van der Waals surface area contributed by atoms with Gasteiger partial charge in [-0.15, -0.1) is 0 Å². The Hall–Kier alpha value is -0.0600. The number of hydrogen-bond acceptors (Lipinski definition) is 2. The predicted octanol–water partition coefficient (Wildman–Crippen LogP) is 3.78. The number of benzene rings is 1. The fourth-order valence-electron chi connectivity index (χ4n) is 1.04. The lowest BCUT2D eigenvalue weighted by molar-refractivity contribution is 0.0697. The van der Waals surface area contributed by atoms with E-state index >= 15 is 0 Å². The Morgan fingerprint density at radius 3 is 2.60 bits per heavy atom. The van der Waals surface area contributed by atoms with Crippen molar-refractivity contribution in [3.63, 3.8) is 0 Å². The minimum Gasteiger partial charge on any atom is -0.388 e. The third-order valence-electron chi connectivity index (χ3n) is 2.35. The molecule has 0 aliphatic rings. The van der Waals surface area contributed by atoms with Crippen LogP contribution in [0.2, 0.25) is 0 Å². The monoisotopic (exact) mass is 335 g/mol. The zero-order chi connectivity index (χ0) is 11.5.